The first-order chi connectivity index (χ1) is 23.7. The fraction of sp³-hybridized carbons (Fsp3) is 0.395. The maximum atomic E-state index is 14.1. The highest BCUT2D eigenvalue weighted by atomic mass is 19.1. The molecule has 3 aromatic heterocycles. The van der Waals surface area contributed by atoms with E-state index in [0.29, 0.717) is 40.2 Å². The Bertz CT molecular complexity index is 1970. The Morgan fingerprint density at radius 2 is 1.73 bits per heavy atom. The van der Waals surface area contributed by atoms with E-state index in [9.17, 15) is 13.6 Å². The van der Waals surface area contributed by atoms with Crippen LogP contribution in [0.5, 0.6) is 17.4 Å². The van der Waals surface area contributed by atoms with E-state index >= 15 is 0 Å². The molecule has 0 aliphatic carbocycles. The van der Waals surface area contributed by atoms with Crippen LogP contribution in [0.3, 0.4) is 0 Å². The summed E-state index contributed by atoms with van der Waals surface area (Å²) in [6.45, 7) is 11.6. The molecule has 7 rings (SSSR count). The van der Waals surface area contributed by atoms with Crippen molar-refractivity contribution in [3.63, 3.8) is 0 Å². The first-order valence-electron chi connectivity index (χ1n) is 17.0. The molecule has 0 spiro atoms. The van der Waals surface area contributed by atoms with Crippen LogP contribution in [0.4, 0.5) is 8.78 Å². The summed E-state index contributed by atoms with van der Waals surface area (Å²) >= 11 is 0. The van der Waals surface area contributed by atoms with E-state index in [1.807, 2.05) is 19.9 Å². The van der Waals surface area contributed by atoms with Gasteiger partial charge < -0.3 is 24.1 Å². The van der Waals surface area contributed by atoms with Crippen LogP contribution < -0.4 is 9.47 Å². The normalized spacial score (nSPS) is 16.5. The van der Waals surface area contributed by atoms with Gasteiger partial charge in [-0.05, 0) is 101 Å². The number of fused-ring (bicyclic) bond motifs is 1. The monoisotopic (exact) mass is 669 g/mol. The van der Waals surface area contributed by atoms with Crippen LogP contribution in [0, 0.1) is 25.5 Å². The second-order valence-corrected chi connectivity index (χ2v) is 13.3. The fourth-order valence-corrected chi connectivity index (χ4v) is 6.92. The number of aromatic nitrogens is 4. The number of pyridine rings is 1. The zero-order valence-corrected chi connectivity index (χ0v) is 28.3. The molecule has 11 heteroatoms. The Kier molecular flexibility index (Phi) is 9.21. The number of nitrogens with one attached hydrogen (secondary N) is 1. The van der Waals surface area contributed by atoms with Gasteiger partial charge in [0.25, 0.3) is 0 Å². The molecule has 0 amide bonds. The van der Waals surface area contributed by atoms with Crippen molar-refractivity contribution < 1.29 is 27.8 Å². The number of benzene rings is 2. The molecule has 0 unspecified atom stereocenters. The number of carbonyl (C=O) groups is 1. The standard InChI is InChI=1S/C38H41F2N5O4/c1-22(2)44-12-8-27(9-13-44)48-35-18-26-17-33(43-32(26)19-28(35)25-10-14-47-15-11-25)37(46)29-20-42-45(24(29)4)34-21-41-36(16-23(34)3)49-38-30(39)6-5-7-31(38)40/h5-7,16-22,25,27,43H,8-15H2,1-4H3. The molecule has 49 heavy (non-hydrogen) atoms. The molecule has 2 aromatic carbocycles. The van der Waals surface area contributed by atoms with Crippen molar-refractivity contribution in [2.24, 2.45) is 0 Å². The summed E-state index contributed by atoms with van der Waals surface area (Å²) < 4.78 is 47.7. The zero-order valence-electron chi connectivity index (χ0n) is 28.3. The van der Waals surface area contributed by atoms with E-state index in [-0.39, 0.29) is 17.8 Å². The largest absolute Gasteiger partial charge is 0.490 e. The maximum absolute atomic E-state index is 14.1. The summed E-state index contributed by atoms with van der Waals surface area (Å²) in [4.78, 5) is 24.0. The van der Waals surface area contributed by atoms with Crippen molar-refractivity contribution in [3.05, 3.63) is 94.6 Å². The van der Waals surface area contributed by atoms with Gasteiger partial charge in [0, 0.05) is 49.3 Å². The van der Waals surface area contributed by atoms with Gasteiger partial charge in [0.2, 0.25) is 17.4 Å². The van der Waals surface area contributed by atoms with Gasteiger partial charge in [0.15, 0.2) is 11.6 Å². The third-order valence-electron chi connectivity index (χ3n) is 9.82. The molecule has 256 valence electrons. The predicted octanol–water partition coefficient (Wildman–Crippen LogP) is 7.81. The van der Waals surface area contributed by atoms with Crippen molar-refractivity contribution in [3.8, 4) is 23.1 Å². The summed E-state index contributed by atoms with van der Waals surface area (Å²) in [5, 5.41) is 5.42. The van der Waals surface area contributed by atoms with Crippen LogP contribution in [0.1, 0.15) is 78.3 Å². The number of hydrogen-bond donors (Lipinski definition) is 1. The van der Waals surface area contributed by atoms with E-state index in [1.165, 1.54) is 17.8 Å². The minimum atomic E-state index is -0.822. The minimum Gasteiger partial charge on any atom is -0.490 e. The maximum Gasteiger partial charge on any atom is 0.219 e. The fourth-order valence-electron chi connectivity index (χ4n) is 6.92. The number of para-hydroxylation sites is 1. The quantitative estimate of drug-likeness (QED) is 0.160. The van der Waals surface area contributed by atoms with Crippen LogP contribution in [0.25, 0.3) is 16.6 Å². The molecule has 5 aromatic rings. The lowest BCUT2D eigenvalue weighted by molar-refractivity contribution is 0.0760. The number of ketones is 1. The average molecular weight is 670 g/mol. The number of likely N-dealkylation sites (tertiary alicyclic amines) is 1. The van der Waals surface area contributed by atoms with Gasteiger partial charge in [-0.15, -0.1) is 0 Å². The number of rotatable bonds is 9. The number of aryl methyl sites for hydroxylation is 1. The third kappa shape index (κ3) is 6.69. The molecule has 0 saturated carbocycles. The second-order valence-electron chi connectivity index (χ2n) is 13.3. The van der Waals surface area contributed by atoms with Gasteiger partial charge >= 0.3 is 0 Å². The SMILES string of the molecule is Cc1cc(Oc2c(F)cccc2F)ncc1-n1ncc(C(=O)c2cc3cc(OC4CCN(C(C)C)CC4)c(C4CCOCC4)cc3[nH]2)c1C. The Morgan fingerprint density at radius 3 is 2.43 bits per heavy atom. The van der Waals surface area contributed by atoms with Gasteiger partial charge in [0.1, 0.15) is 11.9 Å². The first kappa shape index (κ1) is 32.9. The van der Waals surface area contributed by atoms with Crippen LogP contribution in [-0.2, 0) is 4.74 Å². The van der Waals surface area contributed by atoms with Gasteiger partial charge in [0.05, 0.1) is 35.0 Å². The number of hydrogen-bond acceptors (Lipinski definition) is 7. The van der Waals surface area contributed by atoms with E-state index in [2.05, 4.69) is 45.9 Å². The molecule has 5 heterocycles. The molecular weight excluding hydrogens is 628 g/mol. The molecule has 2 aliphatic rings. The molecule has 0 bridgehead atoms. The summed E-state index contributed by atoms with van der Waals surface area (Å²) in [6.07, 6.45) is 7.04. The van der Waals surface area contributed by atoms with E-state index in [1.54, 1.807) is 16.9 Å². The van der Waals surface area contributed by atoms with Crippen LogP contribution in [0.2, 0.25) is 0 Å². The number of ether oxygens (including phenoxy) is 3. The molecule has 2 aliphatic heterocycles. The van der Waals surface area contributed by atoms with Gasteiger partial charge in [-0.3, -0.25) is 4.79 Å². The lowest BCUT2D eigenvalue weighted by Gasteiger charge is -2.35. The Morgan fingerprint density at radius 1 is 1.00 bits per heavy atom. The number of nitrogens with zero attached hydrogens (tertiary/aromatic N) is 4. The molecule has 0 radical (unpaired) electrons. The number of piperidine rings is 1. The van der Waals surface area contributed by atoms with Crippen molar-refractivity contribution in [2.45, 2.75) is 71.4 Å². The Balaban J connectivity index is 1.14. The number of aromatic amines is 1. The molecule has 2 saturated heterocycles. The number of H-pyrrole nitrogens is 1. The zero-order chi connectivity index (χ0) is 34.2. The highest BCUT2D eigenvalue weighted by Crippen LogP contribution is 2.38. The Labute approximate surface area is 284 Å². The molecule has 2 fully saturated rings. The van der Waals surface area contributed by atoms with Crippen LogP contribution in [-0.4, -0.2) is 68.9 Å². The summed E-state index contributed by atoms with van der Waals surface area (Å²) in [6, 6.07) is 11.7. The van der Waals surface area contributed by atoms with Crippen LogP contribution >= 0.6 is 0 Å². The molecule has 0 atom stereocenters. The second kappa shape index (κ2) is 13.7. The van der Waals surface area contributed by atoms with Crippen LogP contribution in [0.15, 0.2) is 54.9 Å². The molecule has 9 nitrogen and oxygen atoms in total. The first-order valence-corrected chi connectivity index (χ1v) is 17.0. The van der Waals surface area contributed by atoms with Gasteiger partial charge in [-0.1, -0.05) is 6.07 Å². The number of halogens is 2. The summed E-state index contributed by atoms with van der Waals surface area (Å²) in [5.74, 6) is -1.08. The summed E-state index contributed by atoms with van der Waals surface area (Å²) in [5.41, 5.74) is 4.89. The highest BCUT2D eigenvalue weighted by molar-refractivity contribution is 6.10. The lowest BCUT2D eigenvalue weighted by Crippen LogP contribution is -2.41. The highest BCUT2D eigenvalue weighted by Gasteiger charge is 2.27. The lowest BCUT2D eigenvalue weighted by atomic mass is 9.90. The van der Waals surface area contributed by atoms with Crippen molar-refractivity contribution in [2.75, 3.05) is 26.3 Å². The predicted molar refractivity (Wildman–Crippen MR) is 182 cm³/mol. The minimum absolute atomic E-state index is 0.0360. The molecular formula is C38H41F2N5O4. The Hall–Kier alpha value is -4.61. The van der Waals surface area contributed by atoms with Crippen molar-refractivity contribution >= 4 is 16.7 Å². The van der Waals surface area contributed by atoms with E-state index < -0.39 is 17.4 Å². The molecule has 1 N–H and O–H groups in total. The average Bonchev–Trinajstić information content (AvgIpc) is 3.69. The topological polar surface area (TPSA) is 94.5 Å². The third-order valence-corrected chi connectivity index (χ3v) is 9.82. The number of carbonyl (C=O) groups excluding carboxylic acids is 1. The summed E-state index contributed by atoms with van der Waals surface area (Å²) in [7, 11) is 0. The smallest absolute Gasteiger partial charge is 0.219 e. The van der Waals surface area contributed by atoms with Gasteiger partial charge in [-0.2, -0.15) is 5.10 Å². The van der Waals surface area contributed by atoms with E-state index in [4.69, 9.17) is 14.2 Å². The van der Waals surface area contributed by atoms with Crippen molar-refractivity contribution in [1.29, 1.82) is 0 Å². The van der Waals surface area contributed by atoms with E-state index in [0.717, 1.165) is 80.8 Å². The van der Waals surface area contributed by atoms with Crippen molar-refractivity contribution in [1.82, 2.24) is 24.6 Å². The van der Waals surface area contributed by atoms with Gasteiger partial charge in [-0.25, -0.2) is 18.4 Å².